The van der Waals surface area contributed by atoms with Crippen LogP contribution in [0.3, 0.4) is 0 Å². The van der Waals surface area contributed by atoms with Crippen LogP contribution in [0.15, 0.2) is 57.7 Å². The van der Waals surface area contributed by atoms with Gasteiger partial charge in [-0.3, -0.25) is 9.59 Å². The summed E-state index contributed by atoms with van der Waals surface area (Å²) in [6.45, 7) is 0.441. The summed E-state index contributed by atoms with van der Waals surface area (Å²) in [4.78, 5) is 46.0. The Bertz CT molecular complexity index is 1200. The quantitative estimate of drug-likeness (QED) is 0.451. The fourth-order valence-corrected chi connectivity index (χ4v) is 3.08. The second-order valence-corrected chi connectivity index (χ2v) is 7.03. The number of ether oxygens (including phenoxy) is 1. The first kappa shape index (κ1) is 22.5. The molecule has 9 heteroatoms. The molecule has 0 saturated carbocycles. The Morgan fingerprint density at radius 3 is 2.44 bits per heavy atom. The number of carboxylic acids is 1. The highest BCUT2D eigenvalue weighted by atomic mass is 16.5. The molecule has 2 aromatic carbocycles. The lowest BCUT2D eigenvalue weighted by Crippen LogP contribution is -2.43. The van der Waals surface area contributed by atoms with E-state index in [1.54, 1.807) is 12.1 Å². The summed E-state index contributed by atoms with van der Waals surface area (Å²) in [7, 11) is 0. The second-order valence-electron chi connectivity index (χ2n) is 7.03. The minimum atomic E-state index is -1.43. The van der Waals surface area contributed by atoms with Gasteiger partial charge in [-0.15, -0.1) is 0 Å². The van der Waals surface area contributed by atoms with E-state index in [1.165, 1.54) is 6.07 Å². The predicted molar refractivity (Wildman–Crippen MR) is 113 cm³/mol. The van der Waals surface area contributed by atoms with Crippen molar-refractivity contribution in [3.8, 4) is 5.75 Å². The van der Waals surface area contributed by atoms with Gasteiger partial charge in [0.25, 0.3) is 5.91 Å². The Hall–Kier alpha value is -4.14. The lowest BCUT2D eigenvalue weighted by atomic mass is 10.00. The van der Waals surface area contributed by atoms with Crippen molar-refractivity contribution in [3.63, 3.8) is 0 Å². The molecule has 166 valence electrons. The van der Waals surface area contributed by atoms with Gasteiger partial charge in [-0.2, -0.15) is 0 Å². The van der Waals surface area contributed by atoms with E-state index in [4.69, 9.17) is 9.15 Å². The lowest BCUT2D eigenvalue weighted by Gasteiger charge is -2.11. The summed E-state index contributed by atoms with van der Waals surface area (Å²) < 4.78 is 10.9. The maximum Gasteiger partial charge on any atom is 0.340 e. The zero-order chi connectivity index (χ0) is 23.1. The van der Waals surface area contributed by atoms with Gasteiger partial charge in [0.15, 0.2) is 6.61 Å². The first-order valence-corrected chi connectivity index (χ1v) is 9.80. The topological polar surface area (TPSA) is 138 Å². The van der Waals surface area contributed by atoms with Crippen molar-refractivity contribution in [1.82, 2.24) is 10.6 Å². The van der Waals surface area contributed by atoms with Crippen molar-refractivity contribution in [2.45, 2.75) is 13.3 Å². The molecule has 9 nitrogen and oxygen atoms in total. The Morgan fingerprint density at radius 2 is 1.72 bits per heavy atom. The van der Waals surface area contributed by atoms with Gasteiger partial charge in [0.05, 0.1) is 19.1 Å². The minimum absolute atomic E-state index is 0.312. The summed E-state index contributed by atoms with van der Waals surface area (Å²) in [6, 6.07) is 14.5. The summed E-state index contributed by atoms with van der Waals surface area (Å²) in [6.07, 6.45) is 0.458. The molecule has 1 heterocycles. The molecule has 0 atom stereocenters. The van der Waals surface area contributed by atoms with Crippen LogP contribution in [0.4, 0.5) is 0 Å². The third kappa shape index (κ3) is 5.94. The van der Waals surface area contributed by atoms with Gasteiger partial charge in [-0.05, 0) is 30.2 Å². The lowest BCUT2D eigenvalue weighted by molar-refractivity contribution is -0.304. The fraction of sp³-hybridized carbons (Fsp3) is 0.217. The predicted octanol–water partition coefficient (Wildman–Crippen LogP) is 0.0533. The van der Waals surface area contributed by atoms with Crippen LogP contribution >= 0.6 is 0 Å². The number of carbonyl (C=O) groups excluding carboxylic acids is 3. The Morgan fingerprint density at radius 1 is 1.00 bits per heavy atom. The molecule has 0 aliphatic heterocycles. The van der Waals surface area contributed by atoms with E-state index in [0.717, 1.165) is 16.5 Å². The van der Waals surface area contributed by atoms with Crippen molar-refractivity contribution < 1.29 is 28.6 Å². The van der Waals surface area contributed by atoms with Gasteiger partial charge in [0.2, 0.25) is 5.91 Å². The molecule has 0 fully saturated rings. The number of nitrogens with one attached hydrogen (secondary N) is 2. The van der Waals surface area contributed by atoms with E-state index in [0.29, 0.717) is 23.3 Å². The van der Waals surface area contributed by atoms with Crippen LogP contribution in [0.25, 0.3) is 11.0 Å². The molecule has 0 unspecified atom stereocenters. The number of hydrogen-bond donors (Lipinski definition) is 2. The monoisotopic (exact) mass is 437 g/mol. The molecule has 3 rings (SSSR count). The molecule has 2 amide bonds. The highest BCUT2D eigenvalue weighted by Gasteiger charge is 2.13. The first-order valence-electron chi connectivity index (χ1n) is 9.80. The van der Waals surface area contributed by atoms with Crippen LogP contribution in [-0.2, 0) is 20.8 Å². The summed E-state index contributed by atoms with van der Waals surface area (Å²) in [5, 5.41) is 15.4. The number of fused-ring (bicyclic) bond motifs is 1. The van der Waals surface area contributed by atoms with Crippen molar-refractivity contribution in [1.29, 1.82) is 0 Å². The minimum Gasteiger partial charge on any atom is -0.548 e. The van der Waals surface area contributed by atoms with Crippen LogP contribution in [0.1, 0.15) is 16.7 Å². The number of benzene rings is 2. The van der Waals surface area contributed by atoms with Gasteiger partial charge >= 0.3 is 5.63 Å². The third-order valence-corrected chi connectivity index (χ3v) is 4.73. The molecule has 0 spiro atoms. The van der Waals surface area contributed by atoms with Gasteiger partial charge in [0.1, 0.15) is 11.3 Å². The summed E-state index contributed by atoms with van der Waals surface area (Å²) in [5.41, 5.74) is 2.29. The number of aliphatic carboxylic acids is 1. The smallest absolute Gasteiger partial charge is 0.340 e. The fourth-order valence-electron chi connectivity index (χ4n) is 3.08. The van der Waals surface area contributed by atoms with Crippen molar-refractivity contribution in [3.05, 3.63) is 75.6 Å². The number of rotatable bonds is 9. The average Bonchev–Trinajstić information content (AvgIpc) is 2.78. The Kier molecular flexibility index (Phi) is 7.22. The molecule has 32 heavy (non-hydrogen) atoms. The maximum absolute atomic E-state index is 12.5. The van der Waals surface area contributed by atoms with Crippen LogP contribution < -0.4 is 26.1 Å². The molecule has 2 N–H and O–H groups in total. The normalized spacial score (nSPS) is 10.5. The number of carboxylic acid groups (broad SMARTS) is 1. The number of aryl methyl sites for hydroxylation is 1. The summed E-state index contributed by atoms with van der Waals surface area (Å²) in [5.74, 6) is -2.37. The summed E-state index contributed by atoms with van der Waals surface area (Å²) >= 11 is 0. The maximum atomic E-state index is 12.5. The van der Waals surface area contributed by atoms with Gasteiger partial charge in [0, 0.05) is 23.4 Å². The van der Waals surface area contributed by atoms with Crippen LogP contribution in [0.5, 0.6) is 5.75 Å². The van der Waals surface area contributed by atoms with Gasteiger partial charge in [-0.1, -0.05) is 30.3 Å². The molecule has 0 aliphatic rings. The molecule has 0 saturated heterocycles. The standard InChI is InChI=1S/C23H22N2O7/c1-14-17-8-7-16(31-13-21(27)24-11-20(26)25-12-22(28)29)10-19(17)32-23(30)18(14)9-15-5-3-2-4-6-15/h2-8,10H,9,11-13H2,1H3,(H,24,27)(H,25,26)(H,28,29)/p-1. The zero-order valence-corrected chi connectivity index (χ0v) is 17.3. The van der Waals surface area contributed by atoms with Gasteiger partial charge < -0.3 is 29.7 Å². The highest BCUT2D eigenvalue weighted by molar-refractivity contribution is 5.87. The number of amides is 2. The van der Waals surface area contributed by atoms with Crippen LogP contribution in [0, 0.1) is 6.92 Å². The highest BCUT2D eigenvalue weighted by Crippen LogP contribution is 2.25. The van der Waals surface area contributed by atoms with E-state index < -0.39 is 36.5 Å². The largest absolute Gasteiger partial charge is 0.548 e. The molecule has 0 radical (unpaired) electrons. The number of carbonyl (C=O) groups is 3. The second kappa shape index (κ2) is 10.3. The SMILES string of the molecule is Cc1c(Cc2ccccc2)c(=O)oc2cc(OCC(=O)NCC(=O)NCC(=O)[O-])ccc12. The van der Waals surface area contributed by atoms with Crippen LogP contribution in [0.2, 0.25) is 0 Å². The number of hydrogen-bond acceptors (Lipinski definition) is 7. The third-order valence-electron chi connectivity index (χ3n) is 4.73. The van der Waals surface area contributed by atoms with E-state index in [-0.39, 0.29) is 6.61 Å². The Balaban J connectivity index is 1.63. The molecule has 1 aromatic heterocycles. The molecule has 0 aliphatic carbocycles. The van der Waals surface area contributed by atoms with Crippen LogP contribution in [-0.4, -0.2) is 37.5 Å². The van der Waals surface area contributed by atoms with Crippen molar-refractivity contribution >= 4 is 28.8 Å². The zero-order valence-electron chi connectivity index (χ0n) is 17.3. The van der Waals surface area contributed by atoms with Gasteiger partial charge in [-0.25, -0.2) is 4.79 Å². The first-order chi connectivity index (χ1) is 15.3. The molecular weight excluding hydrogens is 416 g/mol. The molecular formula is C23H21N2O7-. The molecule has 0 bridgehead atoms. The average molecular weight is 437 g/mol. The van der Waals surface area contributed by atoms with Crippen molar-refractivity contribution in [2.24, 2.45) is 0 Å². The Labute approximate surface area is 183 Å². The van der Waals surface area contributed by atoms with E-state index in [2.05, 4.69) is 10.6 Å². The van der Waals surface area contributed by atoms with E-state index in [1.807, 2.05) is 37.3 Å². The van der Waals surface area contributed by atoms with Crippen molar-refractivity contribution in [2.75, 3.05) is 19.7 Å². The molecule has 3 aromatic rings. The van der Waals surface area contributed by atoms with E-state index >= 15 is 0 Å². The van der Waals surface area contributed by atoms with E-state index in [9.17, 15) is 24.3 Å².